The first-order valence-corrected chi connectivity index (χ1v) is 9.95. The van der Waals surface area contributed by atoms with Crippen LogP contribution in [0.2, 0.25) is 0 Å². The van der Waals surface area contributed by atoms with Crippen molar-refractivity contribution < 1.29 is 43.0 Å². The van der Waals surface area contributed by atoms with E-state index in [2.05, 4.69) is 0 Å². The normalized spacial score (nSPS) is 10.8. The van der Waals surface area contributed by atoms with Crippen molar-refractivity contribution in [2.24, 2.45) is 5.41 Å². The van der Waals surface area contributed by atoms with E-state index in [4.69, 9.17) is 14.2 Å². The number of Topliss-reactive ketones (excluding diaryl/α,β-unsaturated/α-hetero) is 3. The second-order valence-corrected chi connectivity index (χ2v) is 7.44. The first kappa shape index (κ1) is 27.4. The van der Waals surface area contributed by atoms with Gasteiger partial charge in [-0.05, 0) is 27.2 Å². The lowest BCUT2D eigenvalue weighted by molar-refractivity contribution is -0.163. The van der Waals surface area contributed by atoms with Crippen molar-refractivity contribution in [3.63, 3.8) is 0 Å². The molecule has 0 aliphatic rings. The van der Waals surface area contributed by atoms with Crippen LogP contribution in [-0.2, 0) is 43.0 Å². The van der Waals surface area contributed by atoms with Crippen LogP contribution in [0.3, 0.4) is 0 Å². The third-order valence-electron chi connectivity index (χ3n) is 4.41. The van der Waals surface area contributed by atoms with E-state index in [1.54, 1.807) is 6.92 Å². The van der Waals surface area contributed by atoms with E-state index in [-0.39, 0.29) is 75.7 Å². The third kappa shape index (κ3) is 13.6. The van der Waals surface area contributed by atoms with Gasteiger partial charge in [0.2, 0.25) is 0 Å². The monoisotopic (exact) mass is 428 g/mol. The molecule has 0 unspecified atom stereocenters. The molecule has 0 amide bonds. The largest absolute Gasteiger partial charge is 0.465 e. The van der Waals surface area contributed by atoms with Gasteiger partial charge in [0, 0.05) is 19.3 Å². The van der Waals surface area contributed by atoms with Gasteiger partial charge in [-0.3, -0.25) is 14.4 Å². The molecule has 0 aromatic carbocycles. The summed E-state index contributed by atoms with van der Waals surface area (Å²) in [4.78, 5) is 68.7. The molecule has 0 spiro atoms. The Kier molecular flexibility index (Phi) is 13.2. The molecule has 0 atom stereocenters. The zero-order valence-corrected chi connectivity index (χ0v) is 18.2. The summed E-state index contributed by atoms with van der Waals surface area (Å²) in [7, 11) is 0. The number of ether oxygens (including phenoxy) is 3. The van der Waals surface area contributed by atoms with E-state index in [1.807, 2.05) is 0 Å². The van der Waals surface area contributed by atoms with Gasteiger partial charge in [0.05, 0.1) is 24.7 Å². The molecule has 9 nitrogen and oxygen atoms in total. The molecule has 9 heteroatoms. The predicted molar refractivity (Wildman–Crippen MR) is 105 cm³/mol. The number of ketones is 3. The fourth-order valence-corrected chi connectivity index (χ4v) is 2.18. The Morgan fingerprint density at radius 3 is 1.00 bits per heavy atom. The SMILES string of the molecule is CCC(COC(=O)CCC(C)=O)(COC(=O)CCC(C)=O)COC(=O)CCC(C)=O. The minimum atomic E-state index is -0.982. The summed E-state index contributed by atoms with van der Waals surface area (Å²) in [5.74, 6) is -2.20. The maximum Gasteiger partial charge on any atom is 0.306 e. The molecule has 0 saturated heterocycles. The summed E-state index contributed by atoms with van der Waals surface area (Å²) in [6.07, 6.45) is 0.283. The zero-order chi connectivity index (χ0) is 23.2. The minimum Gasteiger partial charge on any atom is -0.465 e. The number of carbonyl (C=O) groups excluding carboxylic acids is 6. The van der Waals surface area contributed by atoms with Crippen molar-refractivity contribution in [1.29, 1.82) is 0 Å². The molecule has 0 rings (SSSR count). The molecule has 0 saturated carbocycles. The van der Waals surface area contributed by atoms with E-state index in [0.717, 1.165) is 0 Å². The van der Waals surface area contributed by atoms with Crippen LogP contribution < -0.4 is 0 Å². The summed E-state index contributed by atoms with van der Waals surface area (Å²) in [6, 6.07) is 0. The van der Waals surface area contributed by atoms with Crippen LogP contribution in [0.15, 0.2) is 0 Å². The van der Waals surface area contributed by atoms with Crippen LogP contribution in [0.1, 0.15) is 72.6 Å². The zero-order valence-electron chi connectivity index (χ0n) is 18.2. The topological polar surface area (TPSA) is 130 Å². The van der Waals surface area contributed by atoms with Crippen molar-refractivity contribution in [1.82, 2.24) is 0 Å². The van der Waals surface area contributed by atoms with E-state index >= 15 is 0 Å². The van der Waals surface area contributed by atoms with Crippen molar-refractivity contribution in [2.75, 3.05) is 19.8 Å². The average Bonchev–Trinajstić information content (AvgIpc) is 2.68. The Hall–Kier alpha value is -2.58. The first-order valence-electron chi connectivity index (χ1n) is 9.95. The van der Waals surface area contributed by atoms with Gasteiger partial charge in [0.15, 0.2) is 0 Å². The first-order chi connectivity index (χ1) is 14.0. The summed E-state index contributed by atoms with van der Waals surface area (Å²) >= 11 is 0. The fraction of sp³-hybridized carbons (Fsp3) is 0.714. The lowest BCUT2D eigenvalue weighted by Crippen LogP contribution is -2.39. The lowest BCUT2D eigenvalue weighted by Gasteiger charge is -2.31. The van der Waals surface area contributed by atoms with Crippen LogP contribution in [0.4, 0.5) is 0 Å². The molecule has 0 N–H and O–H groups in total. The third-order valence-corrected chi connectivity index (χ3v) is 4.41. The van der Waals surface area contributed by atoms with E-state index in [1.165, 1.54) is 20.8 Å². The lowest BCUT2D eigenvalue weighted by atomic mass is 9.88. The highest BCUT2D eigenvalue weighted by atomic mass is 16.6. The quantitative estimate of drug-likeness (QED) is 0.268. The molecular formula is C21H32O9. The fourth-order valence-electron chi connectivity index (χ4n) is 2.18. The predicted octanol–water partition coefficient (Wildman–Crippen LogP) is 2.12. The van der Waals surface area contributed by atoms with Gasteiger partial charge >= 0.3 is 17.9 Å². The van der Waals surface area contributed by atoms with Crippen molar-refractivity contribution in [2.45, 2.75) is 72.6 Å². The smallest absolute Gasteiger partial charge is 0.306 e. The van der Waals surface area contributed by atoms with Gasteiger partial charge in [0.1, 0.15) is 37.2 Å². The van der Waals surface area contributed by atoms with E-state index < -0.39 is 23.3 Å². The number of carbonyl (C=O) groups is 6. The van der Waals surface area contributed by atoms with E-state index in [9.17, 15) is 28.8 Å². The highest BCUT2D eigenvalue weighted by Gasteiger charge is 2.34. The molecule has 0 aliphatic heterocycles. The van der Waals surface area contributed by atoms with Crippen LogP contribution in [0.5, 0.6) is 0 Å². The van der Waals surface area contributed by atoms with Crippen LogP contribution in [-0.4, -0.2) is 55.1 Å². The van der Waals surface area contributed by atoms with E-state index in [0.29, 0.717) is 6.42 Å². The molecule has 0 bridgehead atoms. The Balaban J connectivity index is 4.98. The number of rotatable bonds is 16. The second kappa shape index (κ2) is 14.4. The maximum atomic E-state index is 11.9. The van der Waals surface area contributed by atoms with Crippen molar-refractivity contribution in [3.8, 4) is 0 Å². The van der Waals surface area contributed by atoms with Gasteiger partial charge in [0.25, 0.3) is 0 Å². The second-order valence-electron chi connectivity index (χ2n) is 7.44. The van der Waals surface area contributed by atoms with Gasteiger partial charge < -0.3 is 28.6 Å². The number of hydrogen-bond donors (Lipinski definition) is 0. The molecule has 0 heterocycles. The summed E-state index contributed by atoms with van der Waals surface area (Å²) in [6.45, 7) is 5.32. The molecule has 0 aliphatic carbocycles. The maximum absolute atomic E-state index is 11.9. The Bertz CT molecular complexity index is 553. The van der Waals surface area contributed by atoms with Gasteiger partial charge in [-0.15, -0.1) is 0 Å². The van der Waals surface area contributed by atoms with Crippen LogP contribution in [0.25, 0.3) is 0 Å². The molecular weight excluding hydrogens is 396 g/mol. The van der Waals surface area contributed by atoms with Gasteiger partial charge in [-0.2, -0.15) is 0 Å². The number of esters is 3. The van der Waals surface area contributed by atoms with Gasteiger partial charge in [-0.25, -0.2) is 0 Å². The Morgan fingerprint density at radius 1 is 0.533 bits per heavy atom. The van der Waals surface area contributed by atoms with Crippen molar-refractivity contribution >= 4 is 35.3 Å². The summed E-state index contributed by atoms with van der Waals surface area (Å²) < 4.78 is 15.7. The summed E-state index contributed by atoms with van der Waals surface area (Å²) in [5, 5.41) is 0. The molecule has 30 heavy (non-hydrogen) atoms. The molecule has 0 aromatic heterocycles. The standard InChI is InChI=1S/C21H32O9/c1-5-21(12-28-18(25)9-6-15(2)22,13-29-19(26)10-7-16(3)23)14-30-20(27)11-8-17(4)24/h5-14H2,1-4H3. The molecule has 0 fully saturated rings. The summed E-state index contributed by atoms with van der Waals surface area (Å²) in [5.41, 5.74) is -0.982. The highest BCUT2D eigenvalue weighted by molar-refractivity contribution is 5.82. The minimum absolute atomic E-state index is 0.0536. The average molecular weight is 428 g/mol. The highest BCUT2D eigenvalue weighted by Crippen LogP contribution is 2.25. The van der Waals surface area contributed by atoms with Crippen molar-refractivity contribution in [3.05, 3.63) is 0 Å². The Morgan fingerprint density at radius 2 is 0.800 bits per heavy atom. The number of hydrogen-bond acceptors (Lipinski definition) is 9. The Labute approximate surface area is 176 Å². The van der Waals surface area contributed by atoms with Crippen LogP contribution in [0, 0.1) is 5.41 Å². The van der Waals surface area contributed by atoms with Crippen LogP contribution >= 0.6 is 0 Å². The molecule has 0 radical (unpaired) electrons. The molecule has 0 aromatic rings. The van der Waals surface area contributed by atoms with Gasteiger partial charge in [-0.1, -0.05) is 6.92 Å². The molecule has 170 valence electrons.